The van der Waals surface area contributed by atoms with Crippen molar-refractivity contribution >= 4 is 15.7 Å². The van der Waals surface area contributed by atoms with Gasteiger partial charge in [-0.15, -0.1) is 0 Å². The van der Waals surface area contributed by atoms with Gasteiger partial charge in [0, 0.05) is 18.8 Å². The summed E-state index contributed by atoms with van der Waals surface area (Å²) in [7, 11) is -3.89. The number of nitrogen functional groups attached to an aromatic ring is 1. The Morgan fingerprint density at radius 1 is 1.11 bits per heavy atom. The summed E-state index contributed by atoms with van der Waals surface area (Å²) in [6.45, 7) is 0.664. The van der Waals surface area contributed by atoms with Gasteiger partial charge in [-0.25, -0.2) is 8.42 Å². The zero-order chi connectivity index (χ0) is 14.3. The van der Waals surface area contributed by atoms with Crippen LogP contribution in [-0.2, 0) is 16.2 Å². The fourth-order valence-electron chi connectivity index (χ4n) is 2.01. The SMILES string of the molecule is Nc1cc(C(F)(F)F)cc(S(=O)(=O)N2CCCC2)c1. The summed E-state index contributed by atoms with van der Waals surface area (Å²) in [6.07, 6.45) is -3.19. The number of hydrogen-bond donors (Lipinski definition) is 1. The van der Waals surface area contributed by atoms with E-state index >= 15 is 0 Å². The number of nitrogens with zero attached hydrogens (tertiary/aromatic N) is 1. The van der Waals surface area contributed by atoms with Crippen molar-refractivity contribution in [2.45, 2.75) is 23.9 Å². The van der Waals surface area contributed by atoms with E-state index in [0.717, 1.165) is 12.1 Å². The lowest BCUT2D eigenvalue weighted by Crippen LogP contribution is -2.28. The van der Waals surface area contributed by atoms with E-state index in [9.17, 15) is 21.6 Å². The lowest BCUT2D eigenvalue weighted by atomic mass is 10.2. The third-order valence-electron chi connectivity index (χ3n) is 2.96. The molecule has 1 saturated heterocycles. The topological polar surface area (TPSA) is 63.4 Å². The molecule has 0 amide bonds. The van der Waals surface area contributed by atoms with Gasteiger partial charge in [0.15, 0.2) is 0 Å². The largest absolute Gasteiger partial charge is 0.416 e. The Hall–Kier alpha value is -1.28. The molecule has 4 nitrogen and oxygen atoms in total. The molecule has 0 atom stereocenters. The van der Waals surface area contributed by atoms with Crippen LogP contribution in [0.5, 0.6) is 0 Å². The Kier molecular flexibility index (Phi) is 3.48. The Balaban J connectivity index is 2.48. The molecule has 1 aromatic rings. The third-order valence-corrected chi connectivity index (χ3v) is 4.84. The van der Waals surface area contributed by atoms with Crippen LogP contribution in [0, 0.1) is 0 Å². The number of sulfonamides is 1. The van der Waals surface area contributed by atoms with E-state index in [1.807, 2.05) is 0 Å². The predicted molar refractivity (Wildman–Crippen MR) is 63.8 cm³/mol. The van der Waals surface area contributed by atoms with Crippen molar-refractivity contribution in [1.82, 2.24) is 4.31 Å². The smallest absolute Gasteiger partial charge is 0.399 e. The fraction of sp³-hybridized carbons (Fsp3) is 0.455. The summed E-state index contributed by atoms with van der Waals surface area (Å²) in [5.41, 5.74) is 4.10. The van der Waals surface area contributed by atoms with Crippen molar-refractivity contribution in [1.29, 1.82) is 0 Å². The maximum Gasteiger partial charge on any atom is 0.416 e. The average molecular weight is 294 g/mol. The van der Waals surface area contributed by atoms with Crippen LogP contribution in [-0.4, -0.2) is 25.8 Å². The lowest BCUT2D eigenvalue weighted by Gasteiger charge is -2.17. The predicted octanol–water partition coefficient (Wildman–Crippen LogP) is 2.07. The molecule has 0 aliphatic carbocycles. The van der Waals surface area contributed by atoms with Crippen molar-refractivity contribution in [3.63, 3.8) is 0 Å². The summed E-state index contributed by atoms with van der Waals surface area (Å²) < 4.78 is 63.5. The number of anilines is 1. The number of halogens is 3. The van der Waals surface area contributed by atoms with E-state index in [4.69, 9.17) is 5.73 Å². The lowest BCUT2D eigenvalue weighted by molar-refractivity contribution is -0.137. The van der Waals surface area contributed by atoms with Gasteiger partial charge in [-0.3, -0.25) is 0 Å². The molecule has 0 bridgehead atoms. The van der Waals surface area contributed by atoms with Gasteiger partial charge < -0.3 is 5.73 Å². The van der Waals surface area contributed by atoms with Gasteiger partial charge >= 0.3 is 6.18 Å². The van der Waals surface area contributed by atoms with Gasteiger partial charge in [-0.1, -0.05) is 0 Å². The molecule has 2 rings (SSSR count). The molecular formula is C11H13F3N2O2S. The van der Waals surface area contributed by atoms with E-state index in [1.54, 1.807) is 0 Å². The van der Waals surface area contributed by atoms with Crippen molar-refractivity contribution in [2.24, 2.45) is 0 Å². The minimum atomic E-state index is -4.62. The van der Waals surface area contributed by atoms with E-state index < -0.39 is 26.7 Å². The maximum absolute atomic E-state index is 12.6. The summed E-state index contributed by atoms with van der Waals surface area (Å²) in [4.78, 5) is -0.401. The van der Waals surface area contributed by atoms with Gasteiger partial charge in [0.2, 0.25) is 10.0 Å². The number of alkyl halides is 3. The first kappa shape index (κ1) is 14.1. The second kappa shape index (κ2) is 4.68. The van der Waals surface area contributed by atoms with Gasteiger partial charge in [-0.05, 0) is 31.0 Å². The van der Waals surface area contributed by atoms with Crippen LogP contribution in [0.3, 0.4) is 0 Å². The van der Waals surface area contributed by atoms with E-state index in [-0.39, 0.29) is 5.69 Å². The molecule has 2 N–H and O–H groups in total. The summed E-state index contributed by atoms with van der Waals surface area (Å²) >= 11 is 0. The van der Waals surface area contributed by atoms with Crippen LogP contribution in [0.25, 0.3) is 0 Å². The first-order valence-corrected chi connectivity index (χ1v) is 7.13. The molecule has 0 spiro atoms. The highest BCUT2D eigenvalue weighted by molar-refractivity contribution is 7.89. The van der Waals surface area contributed by atoms with Crippen molar-refractivity contribution in [3.05, 3.63) is 23.8 Å². The molecule has 1 aliphatic rings. The molecule has 1 fully saturated rings. The summed E-state index contributed by atoms with van der Waals surface area (Å²) in [6, 6.07) is 2.41. The molecule has 0 unspecified atom stereocenters. The summed E-state index contributed by atoms with van der Waals surface area (Å²) in [5, 5.41) is 0. The molecular weight excluding hydrogens is 281 g/mol. The molecule has 1 aromatic carbocycles. The highest BCUT2D eigenvalue weighted by atomic mass is 32.2. The maximum atomic E-state index is 12.6. The number of rotatable bonds is 2. The standard InChI is InChI=1S/C11H13F3N2O2S/c12-11(13,14)8-5-9(15)7-10(6-8)19(17,18)16-3-1-2-4-16/h5-7H,1-4,15H2. The zero-order valence-corrected chi connectivity index (χ0v) is 10.8. The van der Waals surface area contributed by atoms with Crippen LogP contribution in [0.1, 0.15) is 18.4 Å². The van der Waals surface area contributed by atoms with E-state index in [0.29, 0.717) is 32.0 Å². The first-order chi connectivity index (χ1) is 8.71. The Morgan fingerprint density at radius 3 is 2.21 bits per heavy atom. The van der Waals surface area contributed by atoms with Gasteiger partial charge in [-0.2, -0.15) is 17.5 Å². The molecule has 0 saturated carbocycles. The molecule has 106 valence electrons. The van der Waals surface area contributed by atoms with Gasteiger partial charge in [0.1, 0.15) is 0 Å². The highest BCUT2D eigenvalue weighted by Gasteiger charge is 2.34. The van der Waals surface area contributed by atoms with E-state index in [1.165, 1.54) is 4.31 Å². The molecule has 0 aromatic heterocycles. The van der Waals surface area contributed by atoms with Crippen LogP contribution in [0.15, 0.2) is 23.1 Å². The number of benzene rings is 1. The van der Waals surface area contributed by atoms with Gasteiger partial charge in [0.25, 0.3) is 0 Å². The molecule has 0 radical (unpaired) electrons. The molecule has 19 heavy (non-hydrogen) atoms. The third kappa shape index (κ3) is 2.84. The Bertz CT molecular complexity index is 578. The second-order valence-corrected chi connectivity index (χ2v) is 6.34. The number of nitrogens with two attached hydrogens (primary N) is 1. The minimum absolute atomic E-state index is 0.215. The molecule has 8 heteroatoms. The summed E-state index contributed by atoms with van der Waals surface area (Å²) in [5.74, 6) is 0. The minimum Gasteiger partial charge on any atom is -0.399 e. The van der Waals surface area contributed by atoms with Crippen molar-refractivity contribution in [3.8, 4) is 0 Å². The van der Waals surface area contributed by atoms with Crippen LogP contribution in [0.2, 0.25) is 0 Å². The quantitative estimate of drug-likeness (QED) is 0.849. The van der Waals surface area contributed by atoms with Crippen LogP contribution >= 0.6 is 0 Å². The van der Waals surface area contributed by atoms with E-state index in [2.05, 4.69) is 0 Å². The van der Waals surface area contributed by atoms with Crippen molar-refractivity contribution in [2.75, 3.05) is 18.8 Å². The first-order valence-electron chi connectivity index (χ1n) is 5.69. The fourth-order valence-corrected chi connectivity index (χ4v) is 3.61. The zero-order valence-electron chi connectivity index (χ0n) is 9.94. The Morgan fingerprint density at radius 2 is 1.68 bits per heavy atom. The second-order valence-electron chi connectivity index (χ2n) is 4.40. The van der Waals surface area contributed by atoms with Crippen LogP contribution < -0.4 is 5.73 Å². The van der Waals surface area contributed by atoms with Crippen LogP contribution in [0.4, 0.5) is 18.9 Å². The molecule has 1 aliphatic heterocycles. The van der Waals surface area contributed by atoms with Gasteiger partial charge in [0.05, 0.1) is 10.5 Å². The number of hydrogen-bond acceptors (Lipinski definition) is 3. The Labute approximate surface area is 109 Å². The van der Waals surface area contributed by atoms with Crippen molar-refractivity contribution < 1.29 is 21.6 Å². The highest BCUT2D eigenvalue weighted by Crippen LogP contribution is 2.33. The average Bonchev–Trinajstić information content (AvgIpc) is 2.80. The monoisotopic (exact) mass is 294 g/mol. The normalized spacial score (nSPS) is 17.8. The molecule has 1 heterocycles.